The molecular formula is C25H23NO6S. The molecule has 0 spiro atoms. The Hall–Kier alpha value is -3.91. The number of para-hydroxylation sites is 1. The fraction of sp³-hybridized carbons (Fsp3) is 0.120. The second kappa shape index (κ2) is 10.6. The predicted molar refractivity (Wildman–Crippen MR) is 127 cm³/mol. The highest BCUT2D eigenvalue weighted by Gasteiger charge is 2.07. The van der Waals surface area contributed by atoms with Crippen LogP contribution in [0.5, 0.6) is 5.75 Å². The highest BCUT2D eigenvalue weighted by molar-refractivity contribution is 7.92. The van der Waals surface area contributed by atoms with Gasteiger partial charge < -0.3 is 9.47 Å². The third-order valence-electron chi connectivity index (χ3n) is 4.58. The molecule has 3 rings (SSSR count). The lowest BCUT2D eigenvalue weighted by Crippen LogP contribution is -2.09. The molecule has 0 atom stereocenters. The Morgan fingerprint density at radius 1 is 0.909 bits per heavy atom. The Morgan fingerprint density at radius 3 is 2.18 bits per heavy atom. The Bertz CT molecular complexity index is 1260. The Labute approximate surface area is 192 Å². The van der Waals surface area contributed by atoms with Gasteiger partial charge in [-0.2, -0.15) is 0 Å². The van der Waals surface area contributed by atoms with Crippen LogP contribution in [-0.4, -0.2) is 33.5 Å². The standard InChI is InChI=1S/C25H23NO6S/c1-31-25(28)21-9-7-18(8-10-21)17-32-24-6-4-3-5-20(24)13-16-23(27)19-11-14-22(15-12-19)26-33(2,29)30/h3-16,26H,17H2,1-2H3/b16-13+. The maximum Gasteiger partial charge on any atom is 0.337 e. The van der Waals surface area contributed by atoms with E-state index in [1.165, 1.54) is 25.3 Å². The maximum atomic E-state index is 12.5. The molecule has 0 amide bonds. The molecule has 0 aliphatic carbocycles. The van der Waals surface area contributed by atoms with E-state index in [4.69, 9.17) is 9.47 Å². The van der Waals surface area contributed by atoms with Crippen molar-refractivity contribution in [2.75, 3.05) is 18.1 Å². The Balaban J connectivity index is 1.66. The number of anilines is 1. The normalized spacial score (nSPS) is 11.2. The summed E-state index contributed by atoms with van der Waals surface area (Å²) in [6.07, 6.45) is 4.17. The molecule has 0 unspecified atom stereocenters. The van der Waals surface area contributed by atoms with E-state index in [1.54, 1.807) is 48.5 Å². The lowest BCUT2D eigenvalue weighted by molar-refractivity contribution is 0.0600. The summed E-state index contributed by atoms with van der Waals surface area (Å²) < 4.78 is 35.5. The van der Waals surface area contributed by atoms with Crippen LogP contribution in [0.3, 0.4) is 0 Å². The maximum absolute atomic E-state index is 12.5. The van der Waals surface area contributed by atoms with Crippen molar-refractivity contribution >= 4 is 33.5 Å². The van der Waals surface area contributed by atoms with Crippen molar-refractivity contribution in [2.45, 2.75) is 6.61 Å². The number of carbonyl (C=O) groups excluding carboxylic acids is 2. The number of nitrogens with one attached hydrogen (secondary N) is 1. The Morgan fingerprint density at radius 2 is 1.55 bits per heavy atom. The summed E-state index contributed by atoms with van der Waals surface area (Å²) in [5, 5.41) is 0. The summed E-state index contributed by atoms with van der Waals surface area (Å²) in [5.41, 5.74) is 2.88. The van der Waals surface area contributed by atoms with Gasteiger partial charge in [0.05, 0.1) is 18.9 Å². The van der Waals surface area contributed by atoms with E-state index in [0.29, 0.717) is 22.6 Å². The van der Waals surface area contributed by atoms with Crippen molar-refractivity contribution in [3.05, 3.63) is 101 Å². The number of ketones is 1. The van der Waals surface area contributed by atoms with Gasteiger partial charge >= 0.3 is 5.97 Å². The third kappa shape index (κ3) is 7.05. The average Bonchev–Trinajstić information content (AvgIpc) is 2.81. The monoisotopic (exact) mass is 465 g/mol. The summed E-state index contributed by atoms with van der Waals surface area (Å²) in [6, 6.07) is 20.4. The highest BCUT2D eigenvalue weighted by Crippen LogP contribution is 2.22. The molecule has 0 bridgehead atoms. The quantitative estimate of drug-likeness (QED) is 0.287. The molecular weight excluding hydrogens is 442 g/mol. The third-order valence-corrected chi connectivity index (χ3v) is 5.18. The van der Waals surface area contributed by atoms with Crippen LogP contribution in [0.2, 0.25) is 0 Å². The lowest BCUT2D eigenvalue weighted by Gasteiger charge is -2.10. The van der Waals surface area contributed by atoms with Crippen LogP contribution in [0.4, 0.5) is 5.69 Å². The van der Waals surface area contributed by atoms with E-state index < -0.39 is 16.0 Å². The number of allylic oxidation sites excluding steroid dienone is 1. The van der Waals surface area contributed by atoms with Gasteiger partial charge in [-0.15, -0.1) is 0 Å². The fourth-order valence-corrected chi connectivity index (χ4v) is 3.51. The number of hydrogen-bond donors (Lipinski definition) is 1. The molecule has 1 N–H and O–H groups in total. The predicted octanol–water partition coefficient (Wildman–Crippen LogP) is 4.32. The van der Waals surface area contributed by atoms with Crippen LogP contribution in [0, 0.1) is 0 Å². The number of sulfonamides is 1. The first-order valence-corrected chi connectivity index (χ1v) is 11.8. The van der Waals surface area contributed by atoms with Crippen LogP contribution in [0.25, 0.3) is 6.08 Å². The number of hydrogen-bond acceptors (Lipinski definition) is 6. The molecule has 0 heterocycles. The SMILES string of the molecule is COC(=O)c1ccc(COc2ccccc2/C=C/C(=O)c2ccc(NS(C)(=O)=O)cc2)cc1. The summed E-state index contributed by atoms with van der Waals surface area (Å²) >= 11 is 0. The van der Waals surface area contributed by atoms with Crippen LogP contribution < -0.4 is 9.46 Å². The fourth-order valence-electron chi connectivity index (χ4n) is 2.94. The molecule has 0 saturated carbocycles. The number of rotatable bonds is 9. The molecule has 170 valence electrons. The molecule has 3 aromatic rings. The summed E-state index contributed by atoms with van der Waals surface area (Å²) in [5.74, 6) is -0.0238. The first-order valence-electron chi connectivity index (χ1n) is 9.94. The number of methoxy groups -OCH3 is 1. The van der Waals surface area contributed by atoms with E-state index in [-0.39, 0.29) is 12.4 Å². The molecule has 3 aromatic carbocycles. The first-order chi connectivity index (χ1) is 15.7. The summed E-state index contributed by atoms with van der Waals surface area (Å²) in [4.78, 5) is 24.0. The van der Waals surface area contributed by atoms with Crippen molar-refractivity contribution in [2.24, 2.45) is 0 Å². The highest BCUT2D eigenvalue weighted by atomic mass is 32.2. The van der Waals surface area contributed by atoms with Gasteiger partial charge in [-0.3, -0.25) is 9.52 Å². The molecule has 0 aliphatic rings. The number of carbonyl (C=O) groups is 2. The van der Waals surface area contributed by atoms with Crippen LogP contribution >= 0.6 is 0 Å². The Kier molecular flexibility index (Phi) is 7.63. The second-order valence-corrected chi connectivity index (χ2v) is 8.91. The van der Waals surface area contributed by atoms with Crippen molar-refractivity contribution < 1.29 is 27.5 Å². The van der Waals surface area contributed by atoms with Gasteiger partial charge in [0.15, 0.2) is 5.78 Å². The minimum absolute atomic E-state index is 0.228. The zero-order valence-corrected chi connectivity index (χ0v) is 19.0. The minimum atomic E-state index is -3.38. The summed E-state index contributed by atoms with van der Waals surface area (Å²) in [7, 11) is -2.04. The number of ether oxygens (including phenoxy) is 2. The largest absolute Gasteiger partial charge is 0.488 e. The number of benzene rings is 3. The molecule has 8 heteroatoms. The van der Waals surface area contributed by atoms with Gasteiger partial charge in [-0.1, -0.05) is 30.3 Å². The molecule has 0 saturated heterocycles. The first kappa shape index (κ1) is 23.7. The summed E-state index contributed by atoms with van der Waals surface area (Å²) in [6.45, 7) is 0.287. The van der Waals surface area contributed by atoms with Gasteiger partial charge in [0.25, 0.3) is 0 Å². The van der Waals surface area contributed by atoms with Crippen LogP contribution in [0.1, 0.15) is 31.8 Å². The molecule has 33 heavy (non-hydrogen) atoms. The van der Waals surface area contributed by atoms with Gasteiger partial charge in [0, 0.05) is 16.8 Å². The van der Waals surface area contributed by atoms with Gasteiger partial charge in [-0.25, -0.2) is 13.2 Å². The van der Waals surface area contributed by atoms with E-state index in [0.717, 1.165) is 17.4 Å². The molecule has 0 radical (unpaired) electrons. The van der Waals surface area contributed by atoms with Gasteiger partial charge in [0.2, 0.25) is 10.0 Å². The average molecular weight is 466 g/mol. The van der Waals surface area contributed by atoms with Crippen molar-refractivity contribution in [1.82, 2.24) is 0 Å². The van der Waals surface area contributed by atoms with Crippen molar-refractivity contribution in [3.63, 3.8) is 0 Å². The zero-order chi connectivity index (χ0) is 23.8. The van der Waals surface area contributed by atoms with E-state index in [1.807, 2.05) is 18.2 Å². The van der Waals surface area contributed by atoms with E-state index in [2.05, 4.69) is 4.72 Å². The molecule has 0 aromatic heterocycles. The molecule has 7 nitrogen and oxygen atoms in total. The van der Waals surface area contributed by atoms with Gasteiger partial charge in [-0.05, 0) is 60.2 Å². The smallest absolute Gasteiger partial charge is 0.337 e. The van der Waals surface area contributed by atoms with Crippen molar-refractivity contribution in [3.8, 4) is 5.75 Å². The van der Waals surface area contributed by atoms with Crippen molar-refractivity contribution in [1.29, 1.82) is 0 Å². The lowest BCUT2D eigenvalue weighted by atomic mass is 10.1. The minimum Gasteiger partial charge on any atom is -0.488 e. The van der Waals surface area contributed by atoms with Gasteiger partial charge in [0.1, 0.15) is 12.4 Å². The van der Waals surface area contributed by atoms with E-state index >= 15 is 0 Å². The molecule has 0 aliphatic heterocycles. The van der Waals surface area contributed by atoms with E-state index in [9.17, 15) is 18.0 Å². The van der Waals surface area contributed by atoms with Crippen LogP contribution in [0.15, 0.2) is 78.9 Å². The van der Waals surface area contributed by atoms with Crippen LogP contribution in [-0.2, 0) is 21.4 Å². The molecule has 0 fully saturated rings. The second-order valence-electron chi connectivity index (χ2n) is 7.16. The topological polar surface area (TPSA) is 98.8 Å². The number of esters is 1. The zero-order valence-electron chi connectivity index (χ0n) is 18.1.